The van der Waals surface area contributed by atoms with Crippen LogP contribution in [0.25, 0.3) is 0 Å². The summed E-state index contributed by atoms with van der Waals surface area (Å²) in [6.45, 7) is 0.341. The van der Waals surface area contributed by atoms with Crippen LogP contribution in [0.2, 0.25) is 0 Å². The Bertz CT molecular complexity index is 624. The van der Waals surface area contributed by atoms with Gasteiger partial charge in [0.15, 0.2) is 0 Å². The van der Waals surface area contributed by atoms with Crippen molar-refractivity contribution in [1.29, 1.82) is 0 Å². The van der Waals surface area contributed by atoms with Crippen LogP contribution in [-0.4, -0.2) is 27.0 Å². The number of anilines is 1. The molecule has 0 aliphatic carbocycles. The van der Waals surface area contributed by atoms with Gasteiger partial charge in [-0.15, -0.1) is 11.3 Å². The van der Waals surface area contributed by atoms with E-state index >= 15 is 0 Å². The third kappa shape index (κ3) is 3.52. The minimum Gasteiger partial charge on any atom is -0.387 e. The van der Waals surface area contributed by atoms with Gasteiger partial charge in [0.25, 0.3) is 0 Å². The summed E-state index contributed by atoms with van der Waals surface area (Å²) < 4.78 is 26.9. The standard InChI is InChI=1S/C12H15N3O2S2/c1-13-10-4-2-3-5-11(10)19(16,17)15-7-6-12-14-8-9-18-12/h2-5,8-9,13,15H,6-7H2,1H3. The molecule has 2 N–H and O–H groups in total. The van der Waals surface area contributed by atoms with Crippen molar-refractivity contribution in [3.63, 3.8) is 0 Å². The molecule has 0 saturated carbocycles. The highest BCUT2D eigenvalue weighted by Crippen LogP contribution is 2.19. The Morgan fingerprint density at radius 1 is 1.32 bits per heavy atom. The van der Waals surface area contributed by atoms with Crippen LogP contribution in [0.5, 0.6) is 0 Å². The molecular formula is C12H15N3O2S2. The van der Waals surface area contributed by atoms with Crippen LogP contribution in [0.4, 0.5) is 5.69 Å². The molecule has 19 heavy (non-hydrogen) atoms. The van der Waals surface area contributed by atoms with E-state index in [0.717, 1.165) is 5.01 Å². The lowest BCUT2D eigenvalue weighted by molar-refractivity contribution is 0.582. The summed E-state index contributed by atoms with van der Waals surface area (Å²) in [6, 6.07) is 6.81. The molecule has 0 aliphatic rings. The van der Waals surface area contributed by atoms with Gasteiger partial charge in [-0.3, -0.25) is 0 Å². The number of nitrogens with zero attached hydrogens (tertiary/aromatic N) is 1. The van der Waals surface area contributed by atoms with Gasteiger partial charge in [-0.25, -0.2) is 18.1 Å². The van der Waals surface area contributed by atoms with Crippen LogP contribution in [0, 0.1) is 0 Å². The zero-order valence-corrected chi connectivity index (χ0v) is 12.1. The fourth-order valence-electron chi connectivity index (χ4n) is 1.65. The van der Waals surface area contributed by atoms with Crippen LogP contribution in [0.1, 0.15) is 5.01 Å². The molecule has 2 aromatic rings. The van der Waals surface area contributed by atoms with E-state index in [1.54, 1.807) is 37.5 Å². The molecule has 0 bridgehead atoms. The Labute approximate surface area is 116 Å². The summed E-state index contributed by atoms with van der Waals surface area (Å²) >= 11 is 1.52. The first-order valence-electron chi connectivity index (χ1n) is 5.78. The molecule has 0 radical (unpaired) electrons. The number of aromatic nitrogens is 1. The summed E-state index contributed by atoms with van der Waals surface area (Å²) in [6.07, 6.45) is 2.31. The number of para-hydroxylation sites is 1. The van der Waals surface area contributed by atoms with Crippen molar-refractivity contribution in [3.8, 4) is 0 Å². The van der Waals surface area contributed by atoms with Gasteiger partial charge < -0.3 is 5.32 Å². The lowest BCUT2D eigenvalue weighted by Gasteiger charge is -2.10. The third-order valence-corrected chi connectivity index (χ3v) is 4.92. The zero-order chi connectivity index (χ0) is 13.7. The Hall–Kier alpha value is -1.44. The average Bonchev–Trinajstić information content (AvgIpc) is 2.91. The minimum atomic E-state index is -3.49. The van der Waals surface area contributed by atoms with Gasteiger partial charge in [-0.1, -0.05) is 12.1 Å². The van der Waals surface area contributed by atoms with E-state index in [1.807, 2.05) is 5.38 Å². The van der Waals surface area contributed by atoms with Gasteiger partial charge >= 0.3 is 0 Å². The molecule has 0 aliphatic heterocycles. The summed E-state index contributed by atoms with van der Waals surface area (Å²) in [7, 11) is -1.79. The Balaban J connectivity index is 2.05. The van der Waals surface area contributed by atoms with Crippen molar-refractivity contribution in [2.45, 2.75) is 11.3 Å². The molecule has 0 unspecified atom stereocenters. The van der Waals surface area contributed by atoms with E-state index < -0.39 is 10.0 Å². The maximum Gasteiger partial charge on any atom is 0.242 e. The summed E-state index contributed by atoms with van der Waals surface area (Å²) in [5, 5.41) is 5.67. The van der Waals surface area contributed by atoms with Crippen LogP contribution < -0.4 is 10.0 Å². The van der Waals surface area contributed by atoms with Crippen molar-refractivity contribution in [3.05, 3.63) is 40.8 Å². The topological polar surface area (TPSA) is 71.1 Å². The molecule has 0 atom stereocenters. The maximum atomic E-state index is 12.2. The maximum absolute atomic E-state index is 12.2. The number of benzene rings is 1. The Kier molecular flexibility index (Phi) is 4.52. The molecule has 2 rings (SSSR count). The predicted molar refractivity (Wildman–Crippen MR) is 77.0 cm³/mol. The molecule has 0 spiro atoms. The van der Waals surface area contributed by atoms with Crippen molar-refractivity contribution in [1.82, 2.24) is 9.71 Å². The van der Waals surface area contributed by atoms with Crippen LogP contribution in [0.3, 0.4) is 0 Å². The molecule has 0 saturated heterocycles. The van der Waals surface area contributed by atoms with Crippen LogP contribution >= 0.6 is 11.3 Å². The number of hydrogen-bond donors (Lipinski definition) is 2. The van der Waals surface area contributed by atoms with Crippen LogP contribution in [0.15, 0.2) is 40.7 Å². The van der Waals surface area contributed by atoms with Crippen molar-refractivity contribution in [2.24, 2.45) is 0 Å². The first kappa shape index (κ1) is 14.0. The fraction of sp³-hybridized carbons (Fsp3) is 0.250. The van der Waals surface area contributed by atoms with Crippen LogP contribution in [-0.2, 0) is 16.4 Å². The second-order valence-corrected chi connectivity index (χ2v) is 6.53. The molecule has 1 aromatic heterocycles. The van der Waals surface area contributed by atoms with Crippen molar-refractivity contribution < 1.29 is 8.42 Å². The normalized spacial score (nSPS) is 11.4. The van der Waals surface area contributed by atoms with E-state index in [0.29, 0.717) is 18.7 Å². The molecule has 0 fully saturated rings. The van der Waals surface area contributed by atoms with Gasteiger partial charge in [-0.2, -0.15) is 0 Å². The number of rotatable bonds is 6. The lowest BCUT2D eigenvalue weighted by atomic mass is 10.3. The van der Waals surface area contributed by atoms with E-state index in [9.17, 15) is 8.42 Å². The largest absolute Gasteiger partial charge is 0.387 e. The van der Waals surface area contributed by atoms with Gasteiger partial charge in [0.05, 0.1) is 10.7 Å². The second kappa shape index (κ2) is 6.14. The monoisotopic (exact) mass is 297 g/mol. The molecule has 102 valence electrons. The highest BCUT2D eigenvalue weighted by atomic mass is 32.2. The fourth-order valence-corrected chi connectivity index (χ4v) is 3.52. The van der Waals surface area contributed by atoms with E-state index in [-0.39, 0.29) is 4.90 Å². The second-order valence-electron chi connectivity index (χ2n) is 3.82. The van der Waals surface area contributed by atoms with Gasteiger partial charge in [0.1, 0.15) is 4.90 Å². The Morgan fingerprint density at radius 2 is 2.11 bits per heavy atom. The van der Waals surface area contributed by atoms with Gasteiger partial charge in [-0.05, 0) is 12.1 Å². The summed E-state index contributed by atoms with van der Waals surface area (Å²) in [5.74, 6) is 0. The first-order valence-corrected chi connectivity index (χ1v) is 8.14. The van der Waals surface area contributed by atoms with Gasteiger partial charge in [0.2, 0.25) is 10.0 Å². The molecule has 7 heteroatoms. The Morgan fingerprint density at radius 3 is 2.79 bits per heavy atom. The number of nitrogens with one attached hydrogen (secondary N) is 2. The quantitative estimate of drug-likeness (QED) is 0.851. The summed E-state index contributed by atoms with van der Waals surface area (Å²) in [4.78, 5) is 4.37. The molecular weight excluding hydrogens is 282 g/mol. The average molecular weight is 297 g/mol. The van der Waals surface area contributed by atoms with E-state index in [4.69, 9.17) is 0 Å². The number of thiazole rings is 1. The highest BCUT2D eigenvalue weighted by molar-refractivity contribution is 7.89. The summed E-state index contributed by atoms with van der Waals surface area (Å²) in [5.41, 5.74) is 0.587. The van der Waals surface area contributed by atoms with E-state index in [1.165, 1.54) is 11.3 Å². The number of sulfonamides is 1. The third-order valence-electron chi connectivity index (χ3n) is 2.56. The first-order chi connectivity index (χ1) is 9.13. The van der Waals surface area contributed by atoms with Gasteiger partial charge in [0, 0.05) is 31.6 Å². The lowest BCUT2D eigenvalue weighted by Crippen LogP contribution is -2.26. The minimum absolute atomic E-state index is 0.261. The molecule has 5 nitrogen and oxygen atoms in total. The SMILES string of the molecule is CNc1ccccc1S(=O)(=O)NCCc1nccs1. The zero-order valence-electron chi connectivity index (χ0n) is 10.5. The number of hydrogen-bond acceptors (Lipinski definition) is 5. The highest BCUT2D eigenvalue weighted by Gasteiger charge is 2.16. The molecule has 1 heterocycles. The van der Waals surface area contributed by atoms with E-state index in [2.05, 4.69) is 15.0 Å². The van der Waals surface area contributed by atoms with Crippen molar-refractivity contribution >= 4 is 27.0 Å². The molecule has 1 aromatic carbocycles. The smallest absolute Gasteiger partial charge is 0.242 e. The van der Waals surface area contributed by atoms with Crippen molar-refractivity contribution in [2.75, 3.05) is 18.9 Å². The predicted octanol–water partition coefficient (Wildman–Crippen LogP) is 1.71. The molecule has 0 amide bonds.